The van der Waals surface area contributed by atoms with Crippen molar-refractivity contribution in [3.8, 4) is 0 Å². The van der Waals surface area contributed by atoms with E-state index in [0.717, 1.165) is 30.5 Å². The molecule has 1 unspecified atom stereocenters. The molecule has 0 radical (unpaired) electrons. The fraction of sp³-hybridized carbons (Fsp3) is 0.875. The van der Waals surface area contributed by atoms with Gasteiger partial charge in [0.1, 0.15) is 12.2 Å². The minimum Gasteiger partial charge on any atom is -0.392 e. The van der Waals surface area contributed by atoms with Crippen LogP contribution in [0.25, 0.3) is 0 Å². The minimum atomic E-state index is -0.273. The second-order valence-electron chi connectivity index (χ2n) is 6.90. The van der Waals surface area contributed by atoms with E-state index in [-0.39, 0.29) is 6.10 Å². The number of hydrogen-bond acceptors (Lipinski definition) is 3. The van der Waals surface area contributed by atoms with Crippen LogP contribution in [0.4, 0.5) is 0 Å². The van der Waals surface area contributed by atoms with Crippen molar-refractivity contribution in [3.63, 3.8) is 0 Å². The first-order valence-corrected chi connectivity index (χ1v) is 8.05. The van der Waals surface area contributed by atoms with Crippen molar-refractivity contribution >= 4 is 0 Å². The van der Waals surface area contributed by atoms with Crippen LogP contribution >= 0.6 is 0 Å². The summed E-state index contributed by atoms with van der Waals surface area (Å²) in [5.74, 6) is 2.97. The summed E-state index contributed by atoms with van der Waals surface area (Å²) in [5, 5.41) is 14.7. The molecule has 1 aromatic heterocycles. The summed E-state index contributed by atoms with van der Waals surface area (Å²) in [5.41, 5.74) is 0. The summed E-state index contributed by atoms with van der Waals surface area (Å²) in [6, 6.07) is 0.302. The van der Waals surface area contributed by atoms with Gasteiger partial charge in [0.2, 0.25) is 0 Å². The average molecular weight is 279 g/mol. The van der Waals surface area contributed by atoms with Gasteiger partial charge in [0.15, 0.2) is 0 Å². The Labute approximate surface area is 122 Å². The molecule has 1 N–H and O–H groups in total. The Morgan fingerprint density at radius 3 is 2.30 bits per heavy atom. The number of aliphatic hydroxyl groups excluding tert-OH is 1. The molecule has 1 aliphatic carbocycles. The molecule has 0 saturated heterocycles. The van der Waals surface area contributed by atoms with Crippen molar-refractivity contribution in [2.45, 2.75) is 71.9 Å². The minimum absolute atomic E-state index is 0.273. The molecule has 4 nitrogen and oxygen atoms in total. The normalized spacial score (nSPS) is 25.4. The molecule has 4 heteroatoms. The maximum atomic E-state index is 10.5. The number of hydrogen-bond donors (Lipinski definition) is 1. The van der Waals surface area contributed by atoms with Crippen molar-refractivity contribution in [1.82, 2.24) is 14.8 Å². The van der Waals surface area contributed by atoms with Gasteiger partial charge < -0.3 is 5.11 Å². The summed E-state index contributed by atoms with van der Waals surface area (Å²) in [6.45, 7) is 8.82. The van der Waals surface area contributed by atoms with Crippen molar-refractivity contribution in [3.05, 3.63) is 12.2 Å². The lowest BCUT2D eigenvalue weighted by Crippen LogP contribution is -2.30. The molecular weight excluding hydrogens is 250 g/mol. The second kappa shape index (κ2) is 6.70. The maximum absolute atomic E-state index is 10.5. The van der Waals surface area contributed by atoms with Gasteiger partial charge in [0, 0.05) is 12.5 Å². The highest BCUT2D eigenvalue weighted by Crippen LogP contribution is 2.35. The Morgan fingerprint density at radius 2 is 1.75 bits per heavy atom. The first-order chi connectivity index (χ1) is 9.49. The van der Waals surface area contributed by atoms with E-state index >= 15 is 0 Å². The third-order valence-corrected chi connectivity index (χ3v) is 4.83. The zero-order chi connectivity index (χ0) is 14.7. The molecule has 1 saturated carbocycles. The maximum Gasteiger partial charge on any atom is 0.138 e. The molecule has 114 valence electrons. The molecule has 1 heterocycles. The molecule has 0 bridgehead atoms. The Kier molecular flexibility index (Phi) is 5.19. The highest BCUT2D eigenvalue weighted by molar-refractivity contribution is 4.92. The third kappa shape index (κ3) is 3.60. The fourth-order valence-corrected chi connectivity index (χ4v) is 3.40. The van der Waals surface area contributed by atoms with E-state index in [9.17, 15) is 5.11 Å². The molecule has 1 aromatic rings. The van der Waals surface area contributed by atoms with E-state index in [1.165, 1.54) is 12.8 Å². The van der Waals surface area contributed by atoms with Gasteiger partial charge in [0.25, 0.3) is 0 Å². The predicted octanol–water partition coefficient (Wildman–Crippen LogP) is 3.22. The predicted molar refractivity (Wildman–Crippen MR) is 80.4 cm³/mol. The second-order valence-corrected chi connectivity index (χ2v) is 6.90. The van der Waals surface area contributed by atoms with E-state index in [4.69, 9.17) is 0 Å². The first kappa shape index (κ1) is 15.5. The number of aromatic nitrogens is 3. The average Bonchev–Trinajstić information content (AvgIpc) is 2.87. The van der Waals surface area contributed by atoms with Crippen molar-refractivity contribution < 1.29 is 5.11 Å². The van der Waals surface area contributed by atoms with Gasteiger partial charge in [-0.3, -0.25) is 0 Å². The lowest BCUT2D eigenvalue weighted by atomic mass is 9.75. The van der Waals surface area contributed by atoms with E-state index in [1.807, 2.05) is 4.68 Å². The van der Waals surface area contributed by atoms with E-state index < -0.39 is 0 Å². The van der Waals surface area contributed by atoms with Crippen LogP contribution in [0, 0.1) is 17.8 Å². The molecule has 0 aliphatic heterocycles. The van der Waals surface area contributed by atoms with Crippen molar-refractivity contribution in [2.75, 3.05) is 0 Å². The van der Waals surface area contributed by atoms with Gasteiger partial charge in [-0.25, -0.2) is 9.67 Å². The smallest absolute Gasteiger partial charge is 0.138 e. The first-order valence-electron chi connectivity index (χ1n) is 8.05. The molecule has 0 spiro atoms. The van der Waals surface area contributed by atoms with Gasteiger partial charge in [-0.05, 0) is 57.3 Å². The zero-order valence-electron chi connectivity index (χ0n) is 13.3. The summed E-state index contributed by atoms with van der Waals surface area (Å²) < 4.78 is 1.92. The van der Waals surface area contributed by atoms with E-state index in [2.05, 4.69) is 37.8 Å². The number of aliphatic hydroxyl groups is 1. The van der Waals surface area contributed by atoms with Crippen LogP contribution in [-0.2, 0) is 6.42 Å². The van der Waals surface area contributed by atoms with Gasteiger partial charge in [-0.15, -0.1) is 0 Å². The van der Waals surface area contributed by atoms with Crippen LogP contribution in [-0.4, -0.2) is 26.0 Å². The van der Waals surface area contributed by atoms with Crippen LogP contribution in [0.3, 0.4) is 0 Å². The molecule has 1 aliphatic rings. The van der Waals surface area contributed by atoms with Gasteiger partial charge in [0.05, 0.1) is 6.10 Å². The largest absolute Gasteiger partial charge is 0.392 e. The number of nitrogens with zero attached hydrogens (tertiary/aromatic N) is 3. The van der Waals surface area contributed by atoms with Crippen LogP contribution in [0.1, 0.15) is 65.2 Å². The summed E-state index contributed by atoms with van der Waals surface area (Å²) in [7, 11) is 0. The Morgan fingerprint density at radius 1 is 1.15 bits per heavy atom. The van der Waals surface area contributed by atoms with E-state index in [1.54, 1.807) is 6.33 Å². The highest BCUT2D eigenvalue weighted by Gasteiger charge is 2.28. The zero-order valence-corrected chi connectivity index (χ0v) is 13.3. The molecule has 1 fully saturated rings. The Bertz CT molecular complexity index is 406. The summed E-state index contributed by atoms with van der Waals surface area (Å²) in [4.78, 5) is 4.31. The fourth-order valence-electron chi connectivity index (χ4n) is 3.40. The quantitative estimate of drug-likeness (QED) is 0.900. The van der Waals surface area contributed by atoms with Crippen molar-refractivity contribution in [1.29, 1.82) is 0 Å². The topological polar surface area (TPSA) is 50.9 Å². The standard InChI is InChI=1S/C16H29N3O/c1-11(2)13-5-7-14(8-6-13)15(20)9-16-17-10-18-19(16)12(3)4/h10-15,20H,5-9H2,1-4H3. The Balaban J connectivity index is 1.89. The van der Waals surface area contributed by atoms with Gasteiger partial charge in [-0.2, -0.15) is 5.10 Å². The van der Waals surface area contributed by atoms with Crippen LogP contribution in [0.15, 0.2) is 6.33 Å². The van der Waals surface area contributed by atoms with Gasteiger partial charge in [-0.1, -0.05) is 13.8 Å². The molecule has 2 rings (SSSR count). The van der Waals surface area contributed by atoms with E-state index in [0.29, 0.717) is 18.4 Å². The Hall–Kier alpha value is -0.900. The molecule has 0 amide bonds. The SMILES string of the molecule is CC(C)C1CCC(C(O)Cc2ncnn2C(C)C)CC1. The molecule has 0 aromatic carbocycles. The lowest BCUT2D eigenvalue weighted by molar-refractivity contribution is 0.0650. The monoisotopic (exact) mass is 279 g/mol. The summed E-state index contributed by atoms with van der Waals surface area (Å²) >= 11 is 0. The van der Waals surface area contributed by atoms with Crippen LogP contribution < -0.4 is 0 Å². The van der Waals surface area contributed by atoms with Gasteiger partial charge >= 0.3 is 0 Å². The molecule has 20 heavy (non-hydrogen) atoms. The third-order valence-electron chi connectivity index (χ3n) is 4.83. The van der Waals surface area contributed by atoms with Crippen LogP contribution in [0.2, 0.25) is 0 Å². The molecular formula is C16H29N3O. The van der Waals surface area contributed by atoms with Crippen LogP contribution in [0.5, 0.6) is 0 Å². The summed E-state index contributed by atoms with van der Waals surface area (Å²) in [6.07, 6.45) is 6.78. The lowest BCUT2D eigenvalue weighted by Gasteiger charge is -2.33. The van der Waals surface area contributed by atoms with Crippen molar-refractivity contribution in [2.24, 2.45) is 17.8 Å². The number of rotatable bonds is 5. The molecule has 1 atom stereocenters. The highest BCUT2D eigenvalue weighted by atomic mass is 16.3.